The first-order valence-corrected chi connectivity index (χ1v) is 5.98. The number of benzene rings is 2. The van der Waals surface area contributed by atoms with Crippen LogP contribution < -0.4 is 0 Å². The molecular weight excluding hydrogens is 250 g/mol. The van der Waals surface area contributed by atoms with Crippen LogP contribution in [0.2, 0.25) is 5.02 Å². The second kappa shape index (κ2) is 5.74. The molecule has 1 unspecified atom stereocenters. The van der Waals surface area contributed by atoms with Crippen LogP contribution in [0.5, 0.6) is 0 Å². The van der Waals surface area contributed by atoms with Crippen LogP contribution in [-0.4, -0.2) is 5.16 Å². The Kier molecular flexibility index (Phi) is 4.05. The monoisotopic (exact) mass is 259 g/mol. The van der Waals surface area contributed by atoms with E-state index in [-0.39, 0.29) is 6.04 Å². The molecule has 2 rings (SSSR count). The van der Waals surface area contributed by atoms with E-state index in [1.165, 1.54) is 0 Å². The number of nitrogens with zero attached hydrogens (tertiary/aromatic N) is 1. The molecule has 2 aromatic carbocycles. The van der Waals surface area contributed by atoms with Gasteiger partial charge in [-0.3, -0.25) is 0 Å². The van der Waals surface area contributed by atoms with Crippen LogP contribution in [0.25, 0.3) is 0 Å². The zero-order valence-electron chi connectivity index (χ0n) is 9.01. The first kappa shape index (κ1) is 12.0. The molecule has 2 aromatic rings. The van der Waals surface area contributed by atoms with E-state index < -0.39 is 0 Å². The maximum atomic E-state index is 6.18. The van der Waals surface area contributed by atoms with Crippen molar-refractivity contribution in [1.82, 2.24) is 0 Å². The van der Waals surface area contributed by atoms with Crippen LogP contribution in [-0.2, 0) is 0 Å². The molecule has 0 aliphatic carbocycles. The number of hydrogen-bond acceptors (Lipinski definition) is 2. The van der Waals surface area contributed by atoms with Crippen molar-refractivity contribution < 1.29 is 0 Å². The average Bonchev–Trinajstić information content (AvgIpc) is 2.38. The first-order valence-electron chi connectivity index (χ1n) is 5.19. The summed E-state index contributed by atoms with van der Waals surface area (Å²) in [6.45, 7) is 0. The molecule has 0 fully saturated rings. The minimum atomic E-state index is -0.178. The van der Waals surface area contributed by atoms with Crippen molar-refractivity contribution in [1.29, 1.82) is 0 Å². The van der Waals surface area contributed by atoms with E-state index in [0.717, 1.165) is 11.1 Å². The maximum Gasteiger partial charge on any atom is 0.112 e. The molecule has 84 valence electrons. The minimum absolute atomic E-state index is 0.178. The molecule has 0 saturated carbocycles. The predicted molar refractivity (Wildman–Crippen MR) is 74.8 cm³/mol. The van der Waals surface area contributed by atoms with Gasteiger partial charge in [0.1, 0.15) is 6.04 Å². The summed E-state index contributed by atoms with van der Waals surface area (Å²) < 4.78 is 0. The van der Waals surface area contributed by atoms with Gasteiger partial charge in [0.15, 0.2) is 0 Å². The highest BCUT2D eigenvalue weighted by Crippen LogP contribution is 2.30. The number of halogens is 1. The highest BCUT2D eigenvalue weighted by atomic mass is 35.5. The van der Waals surface area contributed by atoms with Crippen LogP contribution in [0.4, 0.5) is 0 Å². The van der Waals surface area contributed by atoms with E-state index >= 15 is 0 Å². The third kappa shape index (κ3) is 2.80. The number of hydrogen-bond donors (Lipinski definition) is 0. The van der Waals surface area contributed by atoms with Crippen molar-refractivity contribution >= 4 is 29.0 Å². The van der Waals surface area contributed by atoms with Gasteiger partial charge < -0.3 is 0 Å². The molecule has 0 radical (unpaired) electrons. The lowest BCUT2D eigenvalue weighted by Gasteiger charge is -2.13. The minimum Gasteiger partial charge on any atom is -0.219 e. The predicted octanol–water partition coefficient (Wildman–Crippen LogP) is 4.53. The smallest absolute Gasteiger partial charge is 0.112 e. The zero-order chi connectivity index (χ0) is 12.1. The molecule has 0 amide bonds. The molecule has 3 heteroatoms. The molecule has 17 heavy (non-hydrogen) atoms. The maximum absolute atomic E-state index is 6.18. The van der Waals surface area contributed by atoms with Gasteiger partial charge in [0, 0.05) is 10.6 Å². The summed E-state index contributed by atoms with van der Waals surface area (Å²) in [5.74, 6) is 0. The summed E-state index contributed by atoms with van der Waals surface area (Å²) in [5, 5.41) is 3.13. The van der Waals surface area contributed by atoms with Gasteiger partial charge in [0.2, 0.25) is 0 Å². The van der Waals surface area contributed by atoms with Crippen molar-refractivity contribution in [2.24, 2.45) is 4.99 Å². The van der Waals surface area contributed by atoms with Crippen molar-refractivity contribution in [3.8, 4) is 0 Å². The molecule has 0 bridgehead atoms. The molecule has 0 aliphatic rings. The second-order valence-corrected chi connectivity index (χ2v) is 4.14. The Hall–Kier alpha value is -1.47. The van der Waals surface area contributed by atoms with Crippen molar-refractivity contribution in [3.05, 3.63) is 70.7 Å². The Bertz CT molecular complexity index is 547. The Morgan fingerprint density at radius 3 is 2.29 bits per heavy atom. The lowest BCUT2D eigenvalue weighted by molar-refractivity contribution is 0.882. The topological polar surface area (TPSA) is 12.4 Å². The Labute approximate surface area is 111 Å². The van der Waals surface area contributed by atoms with Gasteiger partial charge in [-0.1, -0.05) is 60.1 Å². The Morgan fingerprint density at radius 2 is 1.65 bits per heavy atom. The van der Waals surface area contributed by atoms with Crippen LogP contribution in [0, 0.1) is 0 Å². The summed E-state index contributed by atoms with van der Waals surface area (Å²) in [6.07, 6.45) is 0. The van der Waals surface area contributed by atoms with E-state index in [2.05, 4.69) is 10.2 Å². The second-order valence-electron chi connectivity index (χ2n) is 3.56. The highest BCUT2D eigenvalue weighted by molar-refractivity contribution is 7.78. The fraction of sp³-hybridized carbons (Fsp3) is 0.0714. The number of aliphatic imine (C=N–C) groups is 1. The Balaban J connectivity index is 2.51. The molecule has 0 aromatic heterocycles. The molecule has 0 heterocycles. The molecular formula is C14H10ClNS. The number of isothiocyanates is 1. The molecule has 1 nitrogen and oxygen atoms in total. The van der Waals surface area contributed by atoms with E-state index in [9.17, 15) is 0 Å². The van der Waals surface area contributed by atoms with Crippen LogP contribution in [0.15, 0.2) is 59.6 Å². The quantitative estimate of drug-likeness (QED) is 0.583. The van der Waals surface area contributed by atoms with Crippen LogP contribution in [0.3, 0.4) is 0 Å². The van der Waals surface area contributed by atoms with Crippen LogP contribution >= 0.6 is 23.8 Å². The van der Waals surface area contributed by atoms with E-state index in [4.69, 9.17) is 23.8 Å². The highest BCUT2D eigenvalue weighted by Gasteiger charge is 2.14. The summed E-state index contributed by atoms with van der Waals surface area (Å²) in [6, 6.07) is 17.4. The van der Waals surface area contributed by atoms with Gasteiger partial charge in [-0.25, -0.2) is 4.99 Å². The summed E-state index contributed by atoms with van der Waals surface area (Å²) in [7, 11) is 0. The fourth-order valence-corrected chi connectivity index (χ4v) is 2.05. The Morgan fingerprint density at radius 1 is 1.00 bits per heavy atom. The fourth-order valence-electron chi connectivity index (χ4n) is 1.71. The first-order chi connectivity index (χ1) is 8.33. The van der Waals surface area contributed by atoms with Crippen molar-refractivity contribution in [3.63, 3.8) is 0 Å². The zero-order valence-corrected chi connectivity index (χ0v) is 10.6. The third-order valence-electron chi connectivity index (χ3n) is 2.50. The van der Waals surface area contributed by atoms with E-state index in [1.54, 1.807) is 0 Å². The van der Waals surface area contributed by atoms with Crippen LogP contribution in [0.1, 0.15) is 17.2 Å². The van der Waals surface area contributed by atoms with Gasteiger partial charge in [-0.2, -0.15) is 0 Å². The summed E-state index contributed by atoms with van der Waals surface area (Å²) >= 11 is 10.9. The van der Waals surface area contributed by atoms with Gasteiger partial charge in [-0.15, -0.1) is 0 Å². The molecule has 0 aliphatic heterocycles. The average molecular weight is 260 g/mol. The van der Waals surface area contributed by atoms with Gasteiger partial charge >= 0.3 is 0 Å². The van der Waals surface area contributed by atoms with Gasteiger partial charge in [-0.05, 0) is 23.8 Å². The van der Waals surface area contributed by atoms with Crippen molar-refractivity contribution in [2.45, 2.75) is 6.04 Å². The number of rotatable bonds is 3. The normalized spacial score (nSPS) is 11.6. The largest absolute Gasteiger partial charge is 0.219 e. The molecule has 1 atom stereocenters. The third-order valence-corrected chi connectivity index (χ3v) is 2.95. The SMILES string of the molecule is S=C=NC(c1ccccc1)c1ccccc1Cl. The standard InChI is InChI=1S/C14H10ClNS/c15-13-9-5-4-8-12(13)14(16-10-17)11-6-2-1-3-7-11/h1-9,14H. The van der Waals surface area contributed by atoms with E-state index in [0.29, 0.717) is 5.02 Å². The molecule has 0 saturated heterocycles. The lowest BCUT2D eigenvalue weighted by Crippen LogP contribution is -1.98. The molecule has 0 N–H and O–H groups in total. The van der Waals surface area contributed by atoms with E-state index in [1.807, 2.05) is 54.6 Å². The number of thiocarbonyl (C=S) groups is 1. The van der Waals surface area contributed by atoms with Crippen molar-refractivity contribution in [2.75, 3.05) is 0 Å². The van der Waals surface area contributed by atoms with Gasteiger partial charge in [0.05, 0.1) is 5.16 Å². The van der Waals surface area contributed by atoms with Gasteiger partial charge in [0.25, 0.3) is 0 Å². The molecule has 0 spiro atoms. The summed E-state index contributed by atoms with van der Waals surface area (Å²) in [4.78, 5) is 4.21. The lowest BCUT2D eigenvalue weighted by atomic mass is 9.99. The summed E-state index contributed by atoms with van der Waals surface area (Å²) in [5.41, 5.74) is 2.00.